The molecular weight excluding hydrogens is 471 g/mol. The summed E-state index contributed by atoms with van der Waals surface area (Å²) in [5, 5.41) is 3.69. The quantitative estimate of drug-likeness (QED) is 0.549. The van der Waals surface area contributed by atoms with Gasteiger partial charge in [-0.1, -0.05) is 47.0 Å². The molecule has 32 heavy (non-hydrogen) atoms. The second-order valence-electron chi connectivity index (χ2n) is 8.07. The van der Waals surface area contributed by atoms with Gasteiger partial charge in [0.25, 0.3) is 0 Å². The first-order valence-electron chi connectivity index (χ1n) is 10.6. The Morgan fingerprint density at radius 2 is 1.84 bits per heavy atom. The Balaban J connectivity index is 1.43. The van der Waals surface area contributed by atoms with E-state index in [1.807, 2.05) is 26.0 Å². The van der Waals surface area contributed by atoms with Gasteiger partial charge < -0.3 is 10.1 Å². The molecule has 1 amide bonds. The highest BCUT2D eigenvalue weighted by Crippen LogP contribution is 2.26. The third kappa shape index (κ3) is 6.61. The lowest BCUT2D eigenvalue weighted by molar-refractivity contribution is -0.126. The lowest BCUT2D eigenvalue weighted by Gasteiger charge is -2.30. The second-order valence-corrected chi connectivity index (χ2v) is 10.9. The summed E-state index contributed by atoms with van der Waals surface area (Å²) >= 11 is 12.0. The molecule has 0 aromatic heterocycles. The molecule has 9 heteroatoms. The number of carbonyl (C=O) groups excluding carboxylic acids is 1. The first-order valence-corrected chi connectivity index (χ1v) is 12.9. The molecule has 1 heterocycles. The average molecular weight is 499 g/mol. The number of hydrogen-bond donors (Lipinski definition) is 1. The van der Waals surface area contributed by atoms with Crippen molar-refractivity contribution in [2.75, 3.05) is 26.2 Å². The minimum absolute atomic E-state index is 0.0629. The molecular formula is C23H28Cl2N2O4S. The largest absolute Gasteiger partial charge is 0.491 e. The maximum absolute atomic E-state index is 12.8. The molecule has 0 bridgehead atoms. The van der Waals surface area contributed by atoms with E-state index < -0.39 is 10.0 Å². The Bertz CT molecular complexity index is 1070. The zero-order valence-corrected chi connectivity index (χ0v) is 20.6. The van der Waals surface area contributed by atoms with Crippen molar-refractivity contribution in [1.82, 2.24) is 9.62 Å². The third-order valence-corrected chi connectivity index (χ3v) is 7.98. The minimum Gasteiger partial charge on any atom is -0.491 e. The van der Waals surface area contributed by atoms with Crippen molar-refractivity contribution >= 4 is 39.1 Å². The van der Waals surface area contributed by atoms with Gasteiger partial charge in [0.1, 0.15) is 12.4 Å². The molecule has 3 rings (SSSR count). The Morgan fingerprint density at radius 3 is 2.50 bits per heavy atom. The van der Waals surface area contributed by atoms with Crippen LogP contribution in [-0.4, -0.2) is 44.9 Å². The van der Waals surface area contributed by atoms with E-state index in [9.17, 15) is 13.2 Å². The van der Waals surface area contributed by atoms with Gasteiger partial charge in [-0.3, -0.25) is 4.79 Å². The highest BCUT2D eigenvalue weighted by atomic mass is 35.5. The summed E-state index contributed by atoms with van der Waals surface area (Å²) in [4.78, 5) is 12.5. The average Bonchev–Trinajstić information content (AvgIpc) is 2.74. The highest BCUT2D eigenvalue weighted by molar-refractivity contribution is 7.88. The summed E-state index contributed by atoms with van der Waals surface area (Å²) < 4.78 is 32.7. The molecule has 1 aliphatic heterocycles. The number of halogens is 2. The molecule has 6 nitrogen and oxygen atoms in total. The molecule has 1 aliphatic rings. The van der Waals surface area contributed by atoms with E-state index in [2.05, 4.69) is 11.4 Å². The molecule has 0 spiro atoms. The molecule has 0 unspecified atom stereocenters. The Labute approximate surface area is 199 Å². The first kappa shape index (κ1) is 24.8. The minimum atomic E-state index is -3.53. The smallest absolute Gasteiger partial charge is 0.223 e. The Morgan fingerprint density at radius 1 is 1.12 bits per heavy atom. The van der Waals surface area contributed by atoms with Gasteiger partial charge in [0, 0.05) is 29.1 Å². The molecule has 0 atom stereocenters. The normalized spacial score (nSPS) is 15.5. The number of piperidine rings is 1. The molecule has 0 saturated carbocycles. The zero-order chi connectivity index (χ0) is 23.3. The molecule has 1 N–H and O–H groups in total. The van der Waals surface area contributed by atoms with E-state index in [1.54, 1.807) is 12.1 Å². The van der Waals surface area contributed by atoms with Crippen LogP contribution >= 0.6 is 23.2 Å². The molecule has 2 aromatic rings. The van der Waals surface area contributed by atoms with Crippen LogP contribution < -0.4 is 10.1 Å². The van der Waals surface area contributed by atoms with Gasteiger partial charge in [0.05, 0.1) is 12.3 Å². The summed E-state index contributed by atoms with van der Waals surface area (Å²) in [6.07, 6.45) is 0.967. The van der Waals surface area contributed by atoms with Crippen molar-refractivity contribution in [3.8, 4) is 5.75 Å². The molecule has 0 radical (unpaired) electrons. The number of sulfonamides is 1. The number of ether oxygens (including phenoxy) is 1. The van der Waals surface area contributed by atoms with E-state index in [1.165, 1.54) is 15.9 Å². The van der Waals surface area contributed by atoms with Crippen molar-refractivity contribution in [3.63, 3.8) is 0 Å². The molecule has 2 aromatic carbocycles. The van der Waals surface area contributed by atoms with Gasteiger partial charge in [-0.15, -0.1) is 0 Å². The zero-order valence-electron chi connectivity index (χ0n) is 18.2. The standard InChI is InChI=1S/C23H28Cl2N2O4S/c1-16-3-6-22(17(2)13-16)31-12-9-26-23(28)18-7-10-27(11-8-18)32(29,30)15-19-4-5-20(24)14-21(19)25/h3-6,13-14,18H,7-12,15H2,1-2H3,(H,26,28). The SMILES string of the molecule is Cc1ccc(OCCNC(=O)C2CCN(S(=O)(=O)Cc3ccc(Cl)cc3Cl)CC2)c(C)c1. The van der Waals surface area contributed by atoms with Crippen molar-refractivity contribution in [2.24, 2.45) is 5.92 Å². The fraction of sp³-hybridized carbons (Fsp3) is 0.435. The number of amides is 1. The summed E-state index contributed by atoms with van der Waals surface area (Å²) in [7, 11) is -3.53. The van der Waals surface area contributed by atoms with E-state index in [0.29, 0.717) is 54.7 Å². The van der Waals surface area contributed by atoms with Crippen LogP contribution in [0.3, 0.4) is 0 Å². The van der Waals surface area contributed by atoms with Crippen LogP contribution in [-0.2, 0) is 20.6 Å². The van der Waals surface area contributed by atoms with Crippen molar-refractivity contribution in [2.45, 2.75) is 32.4 Å². The molecule has 1 saturated heterocycles. The second kappa shape index (κ2) is 10.9. The van der Waals surface area contributed by atoms with Gasteiger partial charge >= 0.3 is 0 Å². The van der Waals surface area contributed by atoms with Crippen LogP contribution in [0.15, 0.2) is 36.4 Å². The summed E-state index contributed by atoms with van der Waals surface area (Å²) in [6.45, 7) is 5.42. The summed E-state index contributed by atoms with van der Waals surface area (Å²) in [6, 6.07) is 10.8. The van der Waals surface area contributed by atoms with E-state index >= 15 is 0 Å². The summed E-state index contributed by atoms with van der Waals surface area (Å²) in [5.41, 5.74) is 2.75. The van der Waals surface area contributed by atoms with E-state index in [4.69, 9.17) is 27.9 Å². The maximum atomic E-state index is 12.8. The lowest BCUT2D eigenvalue weighted by Crippen LogP contribution is -2.44. The number of nitrogens with zero attached hydrogens (tertiary/aromatic N) is 1. The number of hydrogen-bond acceptors (Lipinski definition) is 4. The number of nitrogens with one attached hydrogen (secondary N) is 1. The van der Waals surface area contributed by atoms with Crippen LogP contribution in [0.1, 0.15) is 29.5 Å². The van der Waals surface area contributed by atoms with Crippen LogP contribution in [0.4, 0.5) is 0 Å². The van der Waals surface area contributed by atoms with Crippen LogP contribution in [0.5, 0.6) is 5.75 Å². The molecule has 174 valence electrons. The topological polar surface area (TPSA) is 75.7 Å². The van der Waals surface area contributed by atoms with Gasteiger partial charge in [-0.05, 0) is 56.0 Å². The summed E-state index contributed by atoms with van der Waals surface area (Å²) in [5.74, 6) is 0.355. The Kier molecular flexibility index (Phi) is 8.44. The first-order chi connectivity index (χ1) is 15.2. The van der Waals surface area contributed by atoms with Gasteiger partial charge in [-0.25, -0.2) is 12.7 Å². The van der Waals surface area contributed by atoms with E-state index in [-0.39, 0.29) is 17.6 Å². The van der Waals surface area contributed by atoms with Crippen molar-refractivity contribution < 1.29 is 17.9 Å². The van der Waals surface area contributed by atoms with Gasteiger partial charge in [0.2, 0.25) is 15.9 Å². The van der Waals surface area contributed by atoms with Crippen molar-refractivity contribution in [3.05, 3.63) is 63.1 Å². The monoisotopic (exact) mass is 498 g/mol. The molecule has 0 aliphatic carbocycles. The van der Waals surface area contributed by atoms with Gasteiger partial charge in [0.15, 0.2) is 0 Å². The Hall–Kier alpha value is -1.80. The number of benzene rings is 2. The van der Waals surface area contributed by atoms with Crippen LogP contribution in [0.2, 0.25) is 10.0 Å². The predicted molar refractivity (Wildman–Crippen MR) is 128 cm³/mol. The fourth-order valence-electron chi connectivity index (χ4n) is 3.76. The van der Waals surface area contributed by atoms with E-state index in [0.717, 1.165) is 11.3 Å². The third-order valence-electron chi connectivity index (χ3n) is 5.56. The number of rotatable bonds is 8. The van der Waals surface area contributed by atoms with Gasteiger partial charge in [-0.2, -0.15) is 0 Å². The fourth-order valence-corrected chi connectivity index (χ4v) is 5.91. The maximum Gasteiger partial charge on any atom is 0.223 e. The van der Waals surface area contributed by atoms with Crippen molar-refractivity contribution in [1.29, 1.82) is 0 Å². The number of carbonyl (C=O) groups is 1. The number of aryl methyl sites for hydroxylation is 2. The predicted octanol–water partition coefficient (Wildman–Crippen LogP) is 4.35. The van der Waals surface area contributed by atoms with Crippen LogP contribution in [0, 0.1) is 19.8 Å². The molecule has 1 fully saturated rings. The van der Waals surface area contributed by atoms with Crippen LogP contribution in [0.25, 0.3) is 0 Å². The highest BCUT2D eigenvalue weighted by Gasteiger charge is 2.31. The lowest BCUT2D eigenvalue weighted by atomic mass is 9.97.